The maximum Gasteiger partial charge on any atom is 0.267 e. The molecule has 0 aliphatic carbocycles. The fraction of sp³-hybridized carbons (Fsp3) is 0.280. The number of thioether (sulfide) groups is 1. The number of halogens is 1. The monoisotopic (exact) mass is 509 g/mol. The van der Waals surface area contributed by atoms with Crippen LogP contribution in [0.4, 0.5) is 15.9 Å². The second-order valence-electron chi connectivity index (χ2n) is 8.47. The zero-order valence-electron chi connectivity index (χ0n) is 19.4. The second kappa shape index (κ2) is 9.43. The van der Waals surface area contributed by atoms with Crippen LogP contribution in [0.5, 0.6) is 0 Å². The summed E-state index contributed by atoms with van der Waals surface area (Å²) in [5.41, 5.74) is 2.59. The van der Waals surface area contributed by atoms with Crippen molar-refractivity contribution in [2.24, 2.45) is 0 Å². The maximum absolute atomic E-state index is 13.6. The van der Waals surface area contributed by atoms with Crippen LogP contribution in [0.3, 0.4) is 0 Å². The van der Waals surface area contributed by atoms with Gasteiger partial charge in [0.05, 0.1) is 10.5 Å². The minimum atomic E-state index is -0.262. The highest BCUT2D eigenvalue weighted by atomic mass is 32.2. The third-order valence-corrected chi connectivity index (χ3v) is 7.60. The quantitative estimate of drug-likeness (QED) is 0.393. The van der Waals surface area contributed by atoms with Crippen LogP contribution in [0.15, 0.2) is 52.3 Å². The molecule has 180 valence electrons. The van der Waals surface area contributed by atoms with Crippen molar-refractivity contribution in [1.82, 2.24) is 14.3 Å². The minimum absolute atomic E-state index is 0.191. The number of pyridine rings is 1. The molecule has 1 aromatic carbocycles. The minimum Gasteiger partial charge on any atom is -0.368 e. The summed E-state index contributed by atoms with van der Waals surface area (Å²) in [6.45, 7) is 6.91. The van der Waals surface area contributed by atoms with Crippen LogP contribution in [0.1, 0.15) is 18.1 Å². The maximum atomic E-state index is 13.6. The number of amides is 1. The number of likely N-dealkylation sites (N-methyl/N-ethyl adjacent to an activating group) is 1. The molecule has 3 aromatic rings. The SMILES string of the molecule is CCN1C(=O)/C(=C\c2c(N3CCN(c4ccc(F)cc4)CC3)nc3ccc(C)cn3c2=O)SC1=S. The second-order valence-corrected chi connectivity index (χ2v) is 10.1. The molecule has 0 bridgehead atoms. The molecule has 2 aromatic heterocycles. The van der Waals surface area contributed by atoms with Gasteiger partial charge in [-0.05, 0) is 55.8 Å². The highest BCUT2D eigenvalue weighted by molar-refractivity contribution is 8.26. The van der Waals surface area contributed by atoms with Crippen LogP contribution in [0, 0.1) is 12.7 Å². The van der Waals surface area contributed by atoms with Crippen molar-refractivity contribution in [3.8, 4) is 0 Å². The Balaban J connectivity index is 1.54. The van der Waals surface area contributed by atoms with Crippen LogP contribution in [0.25, 0.3) is 11.7 Å². The molecular weight excluding hydrogens is 485 g/mol. The van der Waals surface area contributed by atoms with E-state index >= 15 is 0 Å². The first-order chi connectivity index (χ1) is 16.9. The van der Waals surface area contributed by atoms with Gasteiger partial charge in [-0.1, -0.05) is 30.0 Å². The van der Waals surface area contributed by atoms with Gasteiger partial charge in [-0.15, -0.1) is 0 Å². The highest BCUT2D eigenvalue weighted by Crippen LogP contribution is 2.33. The van der Waals surface area contributed by atoms with Crippen molar-refractivity contribution >= 4 is 57.4 Å². The number of aryl methyl sites for hydroxylation is 1. The van der Waals surface area contributed by atoms with Crippen molar-refractivity contribution in [2.75, 3.05) is 42.5 Å². The molecule has 4 heterocycles. The van der Waals surface area contributed by atoms with E-state index in [1.54, 1.807) is 24.4 Å². The van der Waals surface area contributed by atoms with E-state index in [9.17, 15) is 14.0 Å². The average molecular weight is 510 g/mol. The molecule has 10 heteroatoms. The van der Waals surface area contributed by atoms with Crippen molar-refractivity contribution < 1.29 is 9.18 Å². The summed E-state index contributed by atoms with van der Waals surface area (Å²) in [7, 11) is 0. The van der Waals surface area contributed by atoms with Crippen LogP contribution in [-0.2, 0) is 4.79 Å². The molecule has 35 heavy (non-hydrogen) atoms. The lowest BCUT2D eigenvalue weighted by Crippen LogP contribution is -2.47. The normalized spacial score (nSPS) is 17.8. The fourth-order valence-electron chi connectivity index (χ4n) is 4.35. The van der Waals surface area contributed by atoms with Gasteiger partial charge in [0, 0.05) is 44.6 Å². The Morgan fingerprint density at radius 3 is 2.40 bits per heavy atom. The first-order valence-electron chi connectivity index (χ1n) is 11.4. The van der Waals surface area contributed by atoms with Gasteiger partial charge in [-0.3, -0.25) is 18.9 Å². The molecule has 2 saturated heterocycles. The van der Waals surface area contributed by atoms with Crippen molar-refractivity contribution in [1.29, 1.82) is 0 Å². The zero-order chi connectivity index (χ0) is 24.7. The Labute approximate surface area is 211 Å². The molecule has 2 aliphatic rings. The van der Waals surface area contributed by atoms with Crippen LogP contribution in [0.2, 0.25) is 0 Å². The number of aromatic nitrogens is 2. The number of hydrogen-bond acceptors (Lipinski definition) is 7. The van der Waals surface area contributed by atoms with Gasteiger partial charge < -0.3 is 9.80 Å². The molecule has 1 amide bonds. The standard InChI is InChI=1S/C25H24FN5O2S2/c1-3-30-24(33)20(35-25(30)34)14-19-22(27-21-9-4-16(2)15-31(21)23(19)32)29-12-10-28(11-13-29)18-7-5-17(26)6-8-18/h4-9,14-15H,3,10-13H2,1-2H3/b20-14+. The zero-order valence-corrected chi connectivity index (χ0v) is 21.0. The van der Waals surface area contributed by atoms with E-state index in [-0.39, 0.29) is 17.3 Å². The number of rotatable bonds is 4. The average Bonchev–Trinajstić information content (AvgIpc) is 3.13. The third-order valence-electron chi connectivity index (χ3n) is 6.22. The van der Waals surface area contributed by atoms with Gasteiger partial charge in [0.1, 0.15) is 21.6 Å². The number of fused-ring (bicyclic) bond motifs is 1. The summed E-state index contributed by atoms with van der Waals surface area (Å²) < 4.78 is 15.3. The summed E-state index contributed by atoms with van der Waals surface area (Å²) in [6.07, 6.45) is 3.40. The summed E-state index contributed by atoms with van der Waals surface area (Å²) in [4.78, 5) is 37.6. The van der Waals surface area contributed by atoms with Crippen molar-refractivity contribution in [2.45, 2.75) is 13.8 Å². The largest absolute Gasteiger partial charge is 0.368 e. The number of thiocarbonyl (C=S) groups is 1. The molecule has 7 nitrogen and oxygen atoms in total. The Kier molecular flexibility index (Phi) is 6.33. The summed E-state index contributed by atoms with van der Waals surface area (Å²) in [6, 6.07) is 10.2. The van der Waals surface area contributed by atoms with Crippen molar-refractivity contribution in [3.05, 3.63) is 74.8 Å². The molecule has 0 radical (unpaired) electrons. The summed E-state index contributed by atoms with van der Waals surface area (Å²) >= 11 is 6.56. The van der Waals surface area contributed by atoms with E-state index in [0.717, 1.165) is 11.3 Å². The number of carbonyl (C=O) groups is 1. The Morgan fingerprint density at radius 2 is 1.74 bits per heavy atom. The van der Waals surface area contributed by atoms with Crippen LogP contribution >= 0.6 is 24.0 Å². The van der Waals surface area contributed by atoms with Gasteiger partial charge in [0.2, 0.25) is 0 Å². The van der Waals surface area contributed by atoms with Gasteiger partial charge in [0.25, 0.3) is 11.5 Å². The van der Waals surface area contributed by atoms with E-state index in [1.807, 2.05) is 26.0 Å². The Hall–Kier alpha value is -3.24. The van der Waals surface area contributed by atoms with Gasteiger partial charge in [0.15, 0.2) is 0 Å². The summed E-state index contributed by atoms with van der Waals surface area (Å²) in [5.74, 6) is 0.101. The molecule has 2 fully saturated rings. The van der Waals surface area contributed by atoms with Crippen LogP contribution < -0.4 is 15.4 Å². The number of nitrogens with zero attached hydrogens (tertiary/aromatic N) is 5. The highest BCUT2D eigenvalue weighted by Gasteiger charge is 2.32. The number of hydrogen-bond donors (Lipinski definition) is 0. The fourth-order valence-corrected chi connectivity index (χ4v) is 5.71. The topological polar surface area (TPSA) is 61.2 Å². The lowest BCUT2D eigenvalue weighted by Gasteiger charge is -2.37. The number of piperazine rings is 1. The molecule has 5 rings (SSSR count). The van der Waals surface area contributed by atoms with Crippen molar-refractivity contribution in [3.63, 3.8) is 0 Å². The lowest BCUT2D eigenvalue weighted by molar-refractivity contribution is -0.121. The molecule has 0 N–H and O–H groups in total. The third kappa shape index (κ3) is 4.43. The molecule has 0 spiro atoms. The molecule has 2 aliphatic heterocycles. The summed E-state index contributed by atoms with van der Waals surface area (Å²) in [5, 5.41) is 0. The molecule has 0 unspecified atom stereocenters. The van der Waals surface area contributed by atoms with Gasteiger partial charge in [-0.2, -0.15) is 0 Å². The predicted molar refractivity (Wildman–Crippen MR) is 143 cm³/mol. The van der Waals surface area contributed by atoms with Crippen LogP contribution in [-0.4, -0.2) is 57.2 Å². The van der Waals surface area contributed by atoms with E-state index in [0.29, 0.717) is 59.0 Å². The smallest absolute Gasteiger partial charge is 0.267 e. The Morgan fingerprint density at radius 1 is 1.06 bits per heavy atom. The molecular formula is C25H24FN5O2S2. The Bertz CT molecular complexity index is 1410. The van der Waals surface area contributed by atoms with Gasteiger partial charge in [-0.25, -0.2) is 9.37 Å². The molecule has 0 saturated carbocycles. The number of anilines is 2. The first kappa shape index (κ1) is 23.5. The number of benzene rings is 1. The lowest BCUT2D eigenvalue weighted by atomic mass is 10.2. The van der Waals surface area contributed by atoms with E-state index in [1.165, 1.54) is 33.2 Å². The molecule has 0 atom stereocenters. The number of carbonyl (C=O) groups excluding carboxylic acids is 1. The van der Waals surface area contributed by atoms with E-state index in [2.05, 4.69) is 9.80 Å². The predicted octanol–water partition coefficient (Wildman–Crippen LogP) is 3.69. The van der Waals surface area contributed by atoms with E-state index < -0.39 is 0 Å². The first-order valence-corrected chi connectivity index (χ1v) is 12.6. The van der Waals surface area contributed by atoms with Gasteiger partial charge >= 0.3 is 0 Å². The van der Waals surface area contributed by atoms with E-state index in [4.69, 9.17) is 17.2 Å².